The van der Waals surface area contributed by atoms with E-state index < -0.39 is 0 Å². The second kappa shape index (κ2) is 7.06. The fourth-order valence-electron chi connectivity index (χ4n) is 1.04. The number of aliphatic hydroxyl groups is 1. The Balaban J connectivity index is 3.19. The minimum atomic E-state index is 0.208. The van der Waals surface area contributed by atoms with Crippen molar-refractivity contribution in [2.45, 2.75) is 19.3 Å². The predicted molar refractivity (Wildman–Crippen MR) is 50.3 cm³/mol. The maximum atomic E-state index is 8.51. The Morgan fingerprint density at radius 3 is 2.58 bits per heavy atom. The van der Waals surface area contributed by atoms with Gasteiger partial charge in [-0.1, -0.05) is 0 Å². The van der Waals surface area contributed by atoms with Crippen LogP contribution in [0.15, 0.2) is 0 Å². The van der Waals surface area contributed by atoms with E-state index in [-0.39, 0.29) is 12.4 Å². The minimum absolute atomic E-state index is 0.208. The molecule has 0 saturated carbocycles. The molecule has 72 valence electrons. The second-order valence-corrected chi connectivity index (χ2v) is 3.05. The summed E-state index contributed by atoms with van der Waals surface area (Å²) in [6.07, 6.45) is 2.97. The molecule has 0 aliphatic heterocycles. The van der Waals surface area contributed by atoms with Crippen molar-refractivity contribution in [3.63, 3.8) is 0 Å². The molecule has 0 aliphatic carbocycles. The van der Waals surface area contributed by atoms with E-state index in [1.54, 1.807) is 0 Å². The topological polar surface area (TPSA) is 73.3 Å². The first-order chi connectivity index (χ1) is 5.66. The van der Waals surface area contributed by atoms with Gasteiger partial charge in [0.05, 0.1) is 6.54 Å². The van der Waals surface area contributed by atoms with Crippen LogP contribution in [0.4, 0.5) is 0 Å². The van der Waals surface area contributed by atoms with Gasteiger partial charge in [-0.25, -0.2) is 0 Å². The van der Waals surface area contributed by atoms with Crippen molar-refractivity contribution in [1.82, 2.24) is 4.90 Å². The van der Waals surface area contributed by atoms with Crippen LogP contribution in [-0.2, 0) is 0 Å². The molecule has 4 nitrogen and oxygen atoms in total. The molecule has 0 saturated heterocycles. The van der Waals surface area contributed by atoms with E-state index in [0.717, 1.165) is 25.8 Å². The molecule has 4 N–H and O–H groups in total. The van der Waals surface area contributed by atoms with Crippen molar-refractivity contribution in [2.75, 3.05) is 26.7 Å². The van der Waals surface area contributed by atoms with Gasteiger partial charge < -0.3 is 10.8 Å². The Morgan fingerprint density at radius 2 is 2.08 bits per heavy atom. The quantitative estimate of drug-likeness (QED) is 0.288. The summed E-state index contributed by atoms with van der Waals surface area (Å²) in [5.74, 6) is 0.208. The molecule has 0 rings (SSSR count). The lowest BCUT2D eigenvalue weighted by Gasteiger charge is -2.14. The van der Waals surface area contributed by atoms with Crippen molar-refractivity contribution in [3.05, 3.63) is 0 Å². The Hall–Kier alpha value is -0.610. The van der Waals surface area contributed by atoms with Gasteiger partial charge in [-0.15, -0.1) is 0 Å². The summed E-state index contributed by atoms with van der Waals surface area (Å²) in [7, 11) is 1.94. The molecule has 0 fully saturated rings. The Morgan fingerprint density at radius 1 is 1.42 bits per heavy atom. The highest BCUT2D eigenvalue weighted by atomic mass is 16.2. The molecule has 12 heavy (non-hydrogen) atoms. The highest BCUT2D eigenvalue weighted by molar-refractivity contribution is 5.78. The van der Waals surface area contributed by atoms with E-state index in [1.165, 1.54) is 0 Å². The molecule has 0 aliphatic rings. The molecule has 0 aromatic carbocycles. The van der Waals surface area contributed by atoms with Gasteiger partial charge in [0.15, 0.2) is 0 Å². The number of hydrogen-bond donors (Lipinski definition) is 3. The van der Waals surface area contributed by atoms with Crippen LogP contribution in [0, 0.1) is 5.41 Å². The number of nitrogens with zero attached hydrogens (tertiary/aromatic N) is 1. The normalized spacial score (nSPS) is 10.6. The van der Waals surface area contributed by atoms with Gasteiger partial charge in [0.2, 0.25) is 0 Å². The fourth-order valence-corrected chi connectivity index (χ4v) is 1.04. The van der Waals surface area contributed by atoms with Gasteiger partial charge in [-0.3, -0.25) is 10.3 Å². The Bertz CT molecular complexity index is 127. The summed E-state index contributed by atoms with van der Waals surface area (Å²) in [6.45, 7) is 1.76. The largest absolute Gasteiger partial charge is 0.396 e. The van der Waals surface area contributed by atoms with E-state index in [9.17, 15) is 0 Å². The van der Waals surface area contributed by atoms with Crippen LogP contribution in [0.1, 0.15) is 19.3 Å². The summed E-state index contributed by atoms with van der Waals surface area (Å²) in [6, 6.07) is 0. The van der Waals surface area contributed by atoms with Gasteiger partial charge in [-0.05, 0) is 32.9 Å². The summed E-state index contributed by atoms with van der Waals surface area (Å²) >= 11 is 0. The number of unbranched alkanes of at least 4 members (excludes halogenated alkanes) is 2. The van der Waals surface area contributed by atoms with E-state index in [4.69, 9.17) is 16.2 Å². The molecule has 0 aromatic rings. The average Bonchev–Trinajstić information content (AvgIpc) is 1.97. The lowest BCUT2D eigenvalue weighted by atomic mass is 10.2. The molecular formula is C8H19N3O. The molecule has 0 spiro atoms. The van der Waals surface area contributed by atoms with E-state index >= 15 is 0 Å². The zero-order chi connectivity index (χ0) is 9.40. The maximum Gasteiger partial charge on any atom is 0.105 e. The van der Waals surface area contributed by atoms with Crippen LogP contribution in [0.5, 0.6) is 0 Å². The third-order valence-electron chi connectivity index (χ3n) is 1.64. The third kappa shape index (κ3) is 7.50. The Kier molecular flexibility index (Phi) is 6.70. The average molecular weight is 173 g/mol. The summed E-state index contributed by atoms with van der Waals surface area (Å²) in [5, 5.41) is 15.5. The number of rotatable bonds is 7. The summed E-state index contributed by atoms with van der Waals surface area (Å²) in [4.78, 5) is 2.01. The minimum Gasteiger partial charge on any atom is -0.396 e. The van der Waals surface area contributed by atoms with Gasteiger partial charge in [0.25, 0.3) is 0 Å². The fraction of sp³-hybridized carbons (Fsp3) is 0.875. The number of hydrogen-bond acceptors (Lipinski definition) is 3. The van der Waals surface area contributed by atoms with Crippen LogP contribution >= 0.6 is 0 Å². The number of amidine groups is 1. The molecular weight excluding hydrogens is 154 g/mol. The lowest BCUT2D eigenvalue weighted by molar-refractivity contribution is 0.277. The first-order valence-electron chi connectivity index (χ1n) is 4.29. The van der Waals surface area contributed by atoms with Crippen LogP contribution in [0.25, 0.3) is 0 Å². The van der Waals surface area contributed by atoms with Crippen molar-refractivity contribution in [1.29, 1.82) is 5.41 Å². The number of nitrogens with one attached hydrogen (secondary N) is 1. The molecule has 0 bridgehead atoms. The van der Waals surface area contributed by atoms with Gasteiger partial charge in [0, 0.05) is 6.61 Å². The van der Waals surface area contributed by atoms with E-state index in [2.05, 4.69) is 0 Å². The number of aliphatic hydroxyl groups excluding tert-OH is 1. The third-order valence-corrected chi connectivity index (χ3v) is 1.64. The van der Waals surface area contributed by atoms with Gasteiger partial charge >= 0.3 is 0 Å². The van der Waals surface area contributed by atoms with Crippen LogP contribution in [0.3, 0.4) is 0 Å². The van der Waals surface area contributed by atoms with E-state index in [0.29, 0.717) is 6.54 Å². The van der Waals surface area contributed by atoms with Crippen molar-refractivity contribution >= 4 is 5.84 Å². The lowest BCUT2D eigenvalue weighted by Crippen LogP contribution is -2.30. The number of nitrogens with two attached hydrogens (primary N) is 1. The monoisotopic (exact) mass is 173 g/mol. The van der Waals surface area contributed by atoms with Crippen LogP contribution in [-0.4, -0.2) is 42.6 Å². The van der Waals surface area contributed by atoms with Crippen LogP contribution < -0.4 is 5.73 Å². The van der Waals surface area contributed by atoms with Crippen molar-refractivity contribution in [3.8, 4) is 0 Å². The zero-order valence-corrected chi connectivity index (χ0v) is 7.71. The van der Waals surface area contributed by atoms with E-state index in [1.807, 2.05) is 11.9 Å². The second-order valence-electron chi connectivity index (χ2n) is 3.05. The molecule has 0 atom stereocenters. The standard InChI is InChI=1S/C8H19N3O/c1-11(7-8(9)10)5-3-2-4-6-12/h12H,2-7H2,1H3,(H3,9,10). The maximum absolute atomic E-state index is 8.51. The molecule has 4 heteroatoms. The van der Waals surface area contributed by atoms with Gasteiger partial charge in [-0.2, -0.15) is 0 Å². The predicted octanol–water partition coefficient (Wildman–Crippen LogP) is 0.0168. The SMILES string of the molecule is CN(CCCCCO)CC(=N)N. The smallest absolute Gasteiger partial charge is 0.105 e. The van der Waals surface area contributed by atoms with Crippen molar-refractivity contribution in [2.24, 2.45) is 5.73 Å². The summed E-state index contributed by atoms with van der Waals surface area (Å²) in [5.41, 5.74) is 5.23. The van der Waals surface area contributed by atoms with Crippen LogP contribution in [0.2, 0.25) is 0 Å². The zero-order valence-electron chi connectivity index (χ0n) is 7.71. The Labute approximate surface area is 73.9 Å². The number of likely N-dealkylation sites (N-methyl/N-ethyl adjacent to an activating group) is 1. The first-order valence-corrected chi connectivity index (χ1v) is 4.29. The first kappa shape index (κ1) is 11.4. The highest BCUT2D eigenvalue weighted by Crippen LogP contribution is 1.95. The molecule has 0 amide bonds. The molecule has 0 heterocycles. The molecule has 0 unspecified atom stereocenters. The highest BCUT2D eigenvalue weighted by Gasteiger charge is 1.98. The van der Waals surface area contributed by atoms with Gasteiger partial charge in [0.1, 0.15) is 5.84 Å². The molecule has 0 aromatic heterocycles. The molecule has 0 radical (unpaired) electrons. The summed E-state index contributed by atoms with van der Waals surface area (Å²) < 4.78 is 0. The van der Waals surface area contributed by atoms with Crippen molar-refractivity contribution < 1.29 is 5.11 Å².